The molecular weight excluding hydrogens is 388 g/mol. The molecule has 0 radical (unpaired) electrons. The molecule has 0 bridgehead atoms. The number of methoxy groups -OCH3 is 2. The van der Waals surface area contributed by atoms with Gasteiger partial charge in [0.05, 0.1) is 37.7 Å². The highest BCUT2D eigenvalue weighted by molar-refractivity contribution is 6.83. The average Bonchev–Trinajstić information content (AvgIpc) is 2.66. The third kappa shape index (κ3) is 4.58. The lowest BCUT2D eigenvalue weighted by Crippen LogP contribution is -2.39. The largest absolute Gasteiger partial charge is 0.466 e. The molecule has 1 aromatic carbocycles. The number of carbonyl (C=O) groups excluding carboxylic acids is 2. The van der Waals surface area contributed by atoms with Gasteiger partial charge in [-0.05, 0) is 12.1 Å². The van der Waals surface area contributed by atoms with Gasteiger partial charge in [0, 0.05) is 0 Å². The minimum absolute atomic E-state index is 0.0848. The molecule has 9 heteroatoms. The molecule has 0 unspecified atom stereocenters. The highest BCUT2D eigenvalue weighted by atomic mass is 28.3. The number of halogens is 2. The molecule has 0 aromatic heterocycles. The van der Waals surface area contributed by atoms with E-state index in [2.05, 4.69) is 16.2 Å². The molecule has 0 N–H and O–H groups in total. The first kappa shape index (κ1) is 21.6. The number of ether oxygens (including phenoxy) is 3. The van der Waals surface area contributed by atoms with E-state index in [0.29, 0.717) is 0 Å². The predicted molar refractivity (Wildman–Crippen MR) is 101 cm³/mol. The fraction of sp³-hybridized carbons (Fsp3) is 0.368. The van der Waals surface area contributed by atoms with Gasteiger partial charge in [-0.2, -0.15) is 0 Å². The molecule has 6 nitrogen and oxygen atoms in total. The Morgan fingerprint density at radius 2 is 1.75 bits per heavy atom. The molecule has 1 heterocycles. The van der Waals surface area contributed by atoms with Gasteiger partial charge >= 0.3 is 11.9 Å². The maximum Gasteiger partial charge on any atom is 0.355 e. The van der Waals surface area contributed by atoms with Gasteiger partial charge < -0.3 is 19.1 Å². The lowest BCUT2D eigenvalue weighted by atomic mass is 10.1. The van der Waals surface area contributed by atoms with Gasteiger partial charge in [0.25, 0.3) is 0 Å². The minimum atomic E-state index is -1.78. The van der Waals surface area contributed by atoms with E-state index >= 15 is 0 Å². The normalized spacial score (nSPS) is 14.3. The zero-order valence-electron chi connectivity index (χ0n) is 16.3. The minimum Gasteiger partial charge on any atom is -0.466 e. The van der Waals surface area contributed by atoms with Gasteiger partial charge in [-0.3, -0.25) is 0 Å². The van der Waals surface area contributed by atoms with Crippen LogP contribution in [0.3, 0.4) is 0 Å². The van der Waals surface area contributed by atoms with Gasteiger partial charge in [0.15, 0.2) is 11.6 Å². The fourth-order valence-electron chi connectivity index (χ4n) is 2.43. The Morgan fingerprint density at radius 1 is 1.11 bits per heavy atom. The number of anilines is 1. The smallest absolute Gasteiger partial charge is 0.355 e. The topological polar surface area (TPSA) is 65.1 Å². The Hall–Kier alpha value is -2.70. The van der Waals surface area contributed by atoms with Crippen LogP contribution in [0.5, 0.6) is 0 Å². The van der Waals surface area contributed by atoms with Crippen molar-refractivity contribution in [1.29, 1.82) is 0 Å². The number of hydrogen-bond acceptors (Lipinski definition) is 6. The Labute approximate surface area is 163 Å². The number of carbonyl (C=O) groups is 2. The summed E-state index contributed by atoms with van der Waals surface area (Å²) in [5, 5.41) is 0. The highest BCUT2D eigenvalue weighted by Gasteiger charge is 2.34. The first-order valence-corrected chi connectivity index (χ1v) is 11.9. The van der Waals surface area contributed by atoms with Crippen molar-refractivity contribution in [3.63, 3.8) is 0 Å². The fourth-order valence-corrected chi connectivity index (χ4v) is 2.94. The maximum atomic E-state index is 14.8. The summed E-state index contributed by atoms with van der Waals surface area (Å²) in [5.41, 5.74) is 2.19. The van der Waals surface area contributed by atoms with Gasteiger partial charge in [-0.15, -0.1) is 5.54 Å². The van der Waals surface area contributed by atoms with Gasteiger partial charge in [-0.25, -0.2) is 18.4 Å². The first-order chi connectivity index (χ1) is 13.1. The van der Waals surface area contributed by atoms with E-state index in [1.54, 1.807) is 0 Å². The second-order valence-corrected chi connectivity index (χ2v) is 11.7. The molecule has 1 aromatic rings. The molecular formula is C19H21F2NO5Si. The van der Waals surface area contributed by atoms with Crippen molar-refractivity contribution < 1.29 is 32.6 Å². The van der Waals surface area contributed by atoms with Crippen LogP contribution >= 0.6 is 0 Å². The summed E-state index contributed by atoms with van der Waals surface area (Å²) >= 11 is 0. The molecule has 0 fully saturated rings. The standard InChI is InChI=1S/C19H21F2NO5Si/c1-25-18(23)13-10-27-11-22(17(13)19(24)26-2)14-7-6-12(15(20)16(14)21)8-9-28(3,4)5/h6-7H,10-11H2,1-5H3. The number of hydrogen-bond donors (Lipinski definition) is 0. The predicted octanol–water partition coefficient (Wildman–Crippen LogP) is 2.59. The molecule has 0 saturated heterocycles. The summed E-state index contributed by atoms with van der Waals surface area (Å²) in [6, 6.07) is 2.60. The van der Waals surface area contributed by atoms with E-state index in [-0.39, 0.29) is 35.9 Å². The van der Waals surface area contributed by atoms with Crippen molar-refractivity contribution in [3.8, 4) is 11.5 Å². The molecule has 0 amide bonds. The zero-order chi connectivity index (χ0) is 21.1. The van der Waals surface area contributed by atoms with E-state index in [0.717, 1.165) is 19.1 Å². The average molecular weight is 409 g/mol. The molecule has 150 valence electrons. The Kier molecular flexibility index (Phi) is 6.59. The molecule has 0 spiro atoms. The zero-order valence-corrected chi connectivity index (χ0v) is 17.3. The van der Waals surface area contributed by atoms with E-state index in [4.69, 9.17) is 9.47 Å². The maximum absolute atomic E-state index is 14.8. The molecule has 0 saturated carbocycles. The van der Waals surface area contributed by atoms with Crippen LogP contribution in [0.2, 0.25) is 19.6 Å². The Balaban J connectivity index is 2.59. The number of nitrogens with zero attached hydrogens (tertiary/aromatic N) is 1. The molecule has 1 aliphatic heterocycles. The van der Waals surface area contributed by atoms with Crippen LogP contribution in [0.1, 0.15) is 5.56 Å². The van der Waals surface area contributed by atoms with Crippen molar-refractivity contribution >= 4 is 25.7 Å². The van der Waals surface area contributed by atoms with Crippen molar-refractivity contribution in [1.82, 2.24) is 0 Å². The summed E-state index contributed by atoms with van der Waals surface area (Å²) in [6.07, 6.45) is 0. The van der Waals surface area contributed by atoms with Crippen molar-refractivity contribution in [3.05, 3.63) is 40.6 Å². The highest BCUT2D eigenvalue weighted by Crippen LogP contribution is 2.31. The van der Waals surface area contributed by atoms with Crippen molar-refractivity contribution in [2.75, 3.05) is 32.5 Å². The molecule has 0 aliphatic carbocycles. The first-order valence-electron chi connectivity index (χ1n) is 8.37. The molecule has 2 rings (SSSR count). The second kappa shape index (κ2) is 8.54. The van der Waals surface area contributed by atoms with Gasteiger partial charge in [-0.1, -0.05) is 25.6 Å². The van der Waals surface area contributed by atoms with Crippen LogP contribution in [0, 0.1) is 23.1 Å². The number of rotatable bonds is 3. The molecule has 0 atom stereocenters. The summed E-state index contributed by atoms with van der Waals surface area (Å²) in [5.74, 6) is -1.40. The number of benzene rings is 1. The second-order valence-electron chi connectivity index (χ2n) is 6.98. The summed E-state index contributed by atoms with van der Waals surface area (Å²) in [4.78, 5) is 25.3. The Morgan fingerprint density at radius 3 is 2.32 bits per heavy atom. The lowest BCUT2D eigenvalue weighted by molar-refractivity contribution is -0.140. The lowest BCUT2D eigenvalue weighted by Gasteiger charge is -2.31. The third-order valence-corrected chi connectivity index (χ3v) is 4.63. The van der Waals surface area contributed by atoms with Crippen LogP contribution in [-0.4, -0.2) is 47.6 Å². The van der Waals surface area contributed by atoms with Gasteiger partial charge in [0.1, 0.15) is 20.5 Å². The third-order valence-electron chi connectivity index (χ3n) is 3.76. The SMILES string of the molecule is COC(=O)C1=C(C(=O)OC)N(c2ccc(C#C[Si](C)(C)C)c(F)c2F)COC1. The molecule has 1 aliphatic rings. The summed E-state index contributed by atoms with van der Waals surface area (Å²) in [7, 11) is 0.466. The van der Waals surface area contributed by atoms with Crippen LogP contribution in [0.25, 0.3) is 0 Å². The van der Waals surface area contributed by atoms with Gasteiger partial charge in [0.2, 0.25) is 0 Å². The van der Waals surface area contributed by atoms with Crippen molar-refractivity contribution in [2.24, 2.45) is 0 Å². The number of esters is 2. The van der Waals surface area contributed by atoms with E-state index in [1.807, 2.05) is 19.6 Å². The summed E-state index contributed by atoms with van der Waals surface area (Å²) < 4.78 is 44.0. The van der Waals surface area contributed by atoms with Crippen LogP contribution in [-0.2, 0) is 23.8 Å². The summed E-state index contributed by atoms with van der Waals surface area (Å²) in [6.45, 7) is 5.44. The van der Waals surface area contributed by atoms with Crippen LogP contribution in [0.15, 0.2) is 23.4 Å². The molecule has 28 heavy (non-hydrogen) atoms. The quantitative estimate of drug-likeness (QED) is 0.434. The monoisotopic (exact) mass is 409 g/mol. The van der Waals surface area contributed by atoms with Crippen molar-refractivity contribution in [2.45, 2.75) is 19.6 Å². The van der Waals surface area contributed by atoms with Crippen LogP contribution in [0.4, 0.5) is 14.5 Å². The van der Waals surface area contributed by atoms with E-state index in [9.17, 15) is 18.4 Å². The van der Waals surface area contributed by atoms with Crippen LogP contribution < -0.4 is 4.90 Å². The Bertz CT molecular complexity index is 896. The van der Waals surface area contributed by atoms with E-state index in [1.165, 1.54) is 12.1 Å². The van der Waals surface area contributed by atoms with E-state index < -0.39 is 31.6 Å².